The highest BCUT2D eigenvalue weighted by molar-refractivity contribution is 6.03. The number of allylic oxidation sites excluding steroid dienone is 1. The van der Waals surface area contributed by atoms with E-state index in [1.54, 1.807) is 35.0 Å². The molecular formula is C22H19FN8O3. The number of carbonyl (C=O) groups is 1. The van der Waals surface area contributed by atoms with Crippen molar-refractivity contribution >= 4 is 24.1 Å². The first kappa shape index (κ1) is 22.3. The first-order chi connectivity index (χ1) is 16.5. The minimum atomic E-state index is -0.542. The Labute approximate surface area is 192 Å². The molecule has 0 aliphatic carbocycles. The van der Waals surface area contributed by atoms with Gasteiger partial charge >= 0.3 is 0 Å². The fourth-order valence-electron chi connectivity index (χ4n) is 3.04. The maximum absolute atomic E-state index is 14.2. The molecule has 1 aromatic carbocycles. The van der Waals surface area contributed by atoms with Gasteiger partial charge in [0, 0.05) is 24.4 Å². The summed E-state index contributed by atoms with van der Waals surface area (Å²) in [6.45, 7) is 3.43. The molecule has 0 aliphatic rings. The summed E-state index contributed by atoms with van der Waals surface area (Å²) in [6.07, 6.45) is 7.29. The van der Waals surface area contributed by atoms with E-state index in [2.05, 4.69) is 37.2 Å². The van der Waals surface area contributed by atoms with Gasteiger partial charge in [-0.05, 0) is 18.2 Å². The van der Waals surface area contributed by atoms with Gasteiger partial charge in [0.1, 0.15) is 23.5 Å². The Morgan fingerprint density at radius 1 is 1.35 bits per heavy atom. The number of anilines is 2. The fourth-order valence-corrected chi connectivity index (χ4v) is 3.04. The van der Waals surface area contributed by atoms with Crippen LogP contribution in [0.15, 0.2) is 71.0 Å². The lowest BCUT2D eigenvalue weighted by Gasteiger charge is -2.07. The molecule has 3 aromatic heterocycles. The van der Waals surface area contributed by atoms with Gasteiger partial charge in [-0.2, -0.15) is 5.10 Å². The maximum Gasteiger partial charge on any atom is 0.293 e. The smallest absolute Gasteiger partial charge is 0.293 e. The number of amides is 1. The van der Waals surface area contributed by atoms with Crippen LogP contribution in [0.5, 0.6) is 0 Å². The molecule has 0 aliphatic heterocycles. The van der Waals surface area contributed by atoms with E-state index >= 15 is 0 Å². The van der Waals surface area contributed by atoms with Crippen molar-refractivity contribution in [2.24, 2.45) is 5.16 Å². The minimum absolute atomic E-state index is 0.0173. The predicted molar refractivity (Wildman–Crippen MR) is 121 cm³/mol. The largest absolute Gasteiger partial charge is 0.438 e. The van der Waals surface area contributed by atoms with E-state index in [-0.39, 0.29) is 35.5 Å². The molecule has 0 saturated heterocycles. The molecule has 12 heteroatoms. The molecule has 3 N–H and O–H groups in total. The summed E-state index contributed by atoms with van der Waals surface area (Å²) in [4.78, 5) is 29.1. The number of rotatable bonds is 9. The van der Waals surface area contributed by atoms with Crippen molar-refractivity contribution in [1.82, 2.24) is 24.7 Å². The van der Waals surface area contributed by atoms with E-state index in [1.165, 1.54) is 24.7 Å². The van der Waals surface area contributed by atoms with Crippen molar-refractivity contribution in [2.75, 3.05) is 11.1 Å². The highest BCUT2D eigenvalue weighted by atomic mass is 19.1. The Bertz CT molecular complexity index is 1330. The van der Waals surface area contributed by atoms with Crippen molar-refractivity contribution in [3.8, 4) is 11.5 Å². The second kappa shape index (κ2) is 10.2. The quantitative estimate of drug-likeness (QED) is 0.219. The van der Waals surface area contributed by atoms with E-state index in [0.717, 1.165) is 12.1 Å². The topological polar surface area (TPSA) is 146 Å². The van der Waals surface area contributed by atoms with Crippen LogP contribution in [0.1, 0.15) is 21.8 Å². The van der Waals surface area contributed by atoms with Crippen LogP contribution in [0.4, 0.5) is 15.9 Å². The molecule has 4 aromatic rings. The molecule has 11 nitrogen and oxygen atoms in total. The van der Waals surface area contributed by atoms with E-state index in [1.807, 2.05) is 0 Å². The van der Waals surface area contributed by atoms with Gasteiger partial charge in [0.2, 0.25) is 5.76 Å². The number of halogens is 1. The van der Waals surface area contributed by atoms with Crippen LogP contribution in [0.3, 0.4) is 0 Å². The van der Waals surface area contributed by atoms with Crippen LogP contribution in [0.2, 0.25) is 0 Å². The number of oxime groups is 1. The molecule has 0 fully saturated rings. The third-order valence-electron chi connectivity index (χ3n) is 4.65. The van der Waals surface area contributed by atoms with Crippen LogP contribution < -0.4 is 11.1 Å². The average molecular weight is 462 g/mol. The first-order valence-corrected chi connectivity index (χ1v) is 9.95. The Morgan fingerprint density at radius 3 is 2.94 bits per heavy atom. The number of carbonyl (C=O) groups excluding carboxylic acids is 1. The number of nitrogens with two attached hydrogens (primary N) is 1. The summed E-state index contributed by atoms with van der Waals surface area (Å²) in [5.74, 6) is -0.596. The number of nitrogens with zero attached hydrogens (tertiary/aromatic N) is 6. The molecule has 0 radical (unpaired) electrons. The zero-order valence-electron chi connectivity index (χ0n) is 17.8. The highest BCUT2D eigenvalue weighted by Gasteiger charge is 2.16. The third kappa shape index (κ3) is 5.12. The lowest BCUT2D eigenvalue weighted by Crippen LogP contribution is -2.13. The molecule has 3 heterocycles. The van der Waals surface area contributed by atoms with Crippen LogP contribution in [-0.2, 0) is 17.8 Å². The standard InChI is InChI=1S/C22H19FN8O3/c1-25-34-8-4-6-15-9-17(30-31(15)12-14-5-2-3-7-16(14)23)21-27-10-18(20(24)29-21)28-22(32)19-11-26-13-33-19/h2-5,7-11,13H,1,6,12H2,(H,28,32)(H2,24,27,29)/b8-4-. The van der Waals surface area contributed by atoms with Gasteiger partial charge in [-0.3, -0.25) is 9.48 Å². The van der Waals surface area contributed by atoms with Crippen molar-refractivity contribution in [3.63, 3.8) is 0 Å². The summed E-state index contributed by atoms with van der Waals surface area (Å²) in [5, 5.41) is 10.4. The number of aromatic nitrogens is 5. The molecule has 34 heavy (non-hydrogen) atoms. The zero-order valence-corrected chi connectivity index (χ0v) is 17.8. The number of benzene rings is 1. The summed E-state index contributed by atoms with van der Waals surface area (Å²) in [7, 11) is 0. The summed E-state index contributed by atoms with van der Waals surface area (Å²) in [6, 6.07) is 8.20. The normalized spacial score (nSPS) is 11.0. The van der Waals surface area contributed by atoms with Crippen LogP contribution in [0.25, 0.3) is 11.5 Å². The number of hydrogen-bond donors (Lipinski definition) is 2. The molecule has 0 saturated carbocycles. The number of nitrogen functional groups attached to an aromatic ring is 1. The second-order valence-electron chi connectivity index (χ2n) is 6.89. The number of oxazole rings is 1. The van der Waals surface area contributed by atoms with Crippen molar-refractivity contribution in [2.45, 2.75) is 13.0 Å². The lowest BCUT2D eigenvalue weighted by atomic mass is 10.2. The predicted octanol–water partition coefficient (Wildman–Crippen LogP) is 3.04. The zero-order chi connectivity index (χ0) is 23.9. The highest BCUT2D eigenvalue weighted by Crippen LogP contribution is 2.22. The molecule has 172 valence electrons. The maximum atomic E-state index is 14.2. The summed E-state index contributed by atoms with van der Waals surface area (Å²) >= 11 is 0. The van der Waals surface area contributed by atoms with E-state index < -0.39 is 5.91 Å². The van der Waals surface area contributed by atoms with E-state index in [4.69, 9.17) is 15.0 Å². The van der Waals surface area contributed by atoms with Crippen LogP contribution >= 0.6 is 0 Å². The molecule has 0 atom stereocenters. The Hall–Kier alpha value is -4.87. The van der Waals surface area contributed by atoms with Gasteiger partial charge in [-0.25, -0.2) is 19.3 Å². The van der Waals surface area contributed by atoms with E-state index in [9.17, 15) is 9.18 Å². The lowest BCUT2D eigenvalue weighted by molar-refractivity contribution is 0.0996. The van der Waals surface area contributed by atoms with Crippen LogP contribution in [0, 0.1) is 5.82 Å². The SMILES string of the molecule is C=NO/C=C\Cc1cc(-c2ncc(NC(=O)c3cnco3)c(N)n2)nn1Cc1ccccc1F. The Kier molecular flexibility index (Phi) is 6.68. The molecular weight excluding hydrogens is 443 g/mol. The number of nitrogens with one attached hydrogen (secondary N) is 1. The molecule has 4 rings (SSSR count). The van der Waals surface area contributed by atoms with Gasteiger partial charge in [0.15, 0.2) is 18.0 Å². The number of hydrogen-bond acceptors (Lipinski definition) is 9. The first-order valence-electron chi connectivity index (χ1n) is 9.95. The monoisotopic (exact) mass is 462 g/mol. The summed E-state index contributed by atoms with van der Waals surface area (Å²) in [5.41, 5.74) is 7.86. The fraction of sp³-hybridized carbons (Fsp3) is 0.0909. The van der Waals surface area contributed by atoms with Crippen LogP contribution in [-0.4, -0.2) is 37.4 Å². The van der Waals surface area contributed by atoms with Gasteiger partial charge in [0.05, 0.1) is 18.9 Å². The van der Waals surface area contributed by atoms with Gasteiger partial charge in [-0.1, -0.05) is 23.4 Å². The Balaban J connectivity index is 1.60. The summed E-state index contributed by atoms with van der Waals surface area (Å²) < 4.78 is 20.8. The van der Waals surface area contributed by atoms with Gasteiger partial charge in [0.25, 0.3) is 5.91 Å². The Morgan fingerprint density at radius 2 is 2.21 bits per heavy atom. The van der Waals surface area contributed by atoms with E-state index in [0.29, 0.717) is 17.7 Å². The molecule has 0 bridgehead atoms. The van der Waals surface area contributed by atoms with Crippen molar-refractivity contribution in [3.05, 3.63) is 84.3 Å². The third-order valence-corrected chi connectivity index (χ3v) is 4.65. The molecule has 0 spiro atoms. The second-order valence-corrected chi connectivity index (χ2v) is 6.89. The minimum Gasteiger partial charge on any atom is -0.438 e. The average Bonchev–Trinajstić information content (AvgIpc) is 3.50. The van der Waals surface area contributed by atoms with Crippen molar-refractivity contribution < 1.29 is 18.4 Å². The van der Waals surface area contributed by atoms with Crippen molar-refractivity contribution in [1.29, 1.82) is 0 Å². The molecule has 0 unspecified atom stereocenters. The van der Waals surface area contributed by atoms with Gasteiger partial charge < -0.3 is 20.3 Å². The molecule has 1 amide bonds. The van der Waals surface area contributed by atoms with Gasteiger partial charge in [-0.15, -0.1) is 0 Å².